The maximum atomic E-state index is 12.9. The molecule has 0 aliphatic carbocycles. The van der Waals surface area contributed by atoms with E-state index in [-0.39, 0.29) is 5.92 Å². The number of benzene rings is 2. The first-order valence-corrected chi connectivity index (χ1v) is 8.32. The van der Waals surface area contributed by atoms with Gasteiger partial charge in [0.2, 0.25) is 0 Å². The second kappa shape index (κ2) is 5.70. The second-order valence-electron chi connectivity index (χ2n) is 5.15. The Hall–Kier alpha value is -1.33. The van der Waals surface area contributed by atoms with E-state index < -0.39 is 11.7 Å². The van der Waals surface area contributed by atoms with E-state index in [0.29, 0.717) is 5.56 Å². The van der Waals surface area contributed by atoms with Crippen molar-refractivity contribution in [1.29, 1.82) is 0 Å². The highest BCUT2D eigenvalue weighted by Crippen LogP contribution is 2.39. The molecule has 0 fully saturated rings. The van der Waals surface area contributed by atoms with Crippen LogP contribution in [-0.2, 0) is 6.18 Å². The third-order valence-electron chi connectivity index (χ3n) is 3.66. The molecule has 22 heavy (non-hydrogen) atoms. The van der Waals surface area contributed by atoms with E-state index >= 15 is 0 Å². The summed E-state index contributed by atoms with van der Waals surface area (Å²) in [6.45, 7) is 1.94. The first-order valence-electron chi connectivity index (χ1n) is 6.71. The van der Waals surface area contributed by atoms with Crippen LogP contribution in [0.25, 0.3) is 10.1 Å². The molecule has 1 atom stereocenters. The van der Waals surface area contributed by atoms with Crippen LogP contribution in [0.5, 0.6) is 0 Å². The van der Waals surface area contributed by atoms with Gasteiger partial charge in [-0.05, 0) is 45.1 Å². The van der Waals surface area contributed by atoms with Gasteiger partial charge in [-0.15, -0.1) is 11.3 Å². The van der Waals surface area contributed by atoms with Gasteiger partial charge < -0.3 is 0 Å². The van der Waals surface area contributed by atoms with Crippen LogP contribution in [0.4, 0.5) is 13.2 Å². The zero-order chi connectivity index (χ0) is 15.9. The Balaban J connectivity index is 2.02. The Labute approximate surface area is 138 Å². The highest BCUT2D eigenvalue weighted by molar-refractivity contribution is 9.10. The van der Waals surface area contributed by atoms with E-state index in [9.17, 15) is 13.2 Å². The van der Waals surface area contributed by atoms with Gasteiger partial charge in [0.1, 0.15) is 0 Å². The van der Waals surface area contributed by atoms with Crippen molar-refractivity contribution in [2.24, 2.45) is 0 Å². The van der Waals surface area contributed by atoms with Gasteiger partial charge in [-0.2, -0.15) is 13.2 Å². The molecule has 1 aromatic heterocycles. The number of fused-ring (bicyclic) bond motifs is 1. The average Bonchev–Trinajstić information content (AvgIpc) is 2.91. The first kappa shape index (κ1) is 15.6. The SMILES string of the molecule is CC(c1cccc(C(F)(F)F)c1)c1cc2cccc(Br)c2s1. The van der Waals surface area contributed by atoms with Crippen LogP contribution in [0.1, 0.15) is 28.8 Å². The van der Waals surface area contributed by atoms with E-state index in [4.69, 9.17) is 0 Å². The molecular formula is C17H12BrF3S. The number of hydrogen-bond donors (Lipinski definition) is 0. The highest BCUT2D eigenvalue weighted by atomic mass is 79.9. The predicted molar refractivity (Wildman–Crippen MR) is 88.5 cm³/mol. The summed E-state index contributed by atoms with van der Waals surface area (Å²) in [5.41, 5.74) is 0.0802. The Morgan fingerprint density at radius 2 is 1.77 bits per heavy atom. The van der Waals surface area contributed by atoms with Crippen molar-refractivity contribution in [2.45, 2.75) is 19.0 Å². The summed E-state index contributed by atoms with van der Waals surface area (Å²) >= 11 is 5.13. The molecule has 0 saturated heterocycles. The van der Waals surface area contributed by atoms with Gasteiger partial charge in [-0.3, -0.25) is 0 Å². The molecule has 1 heterocycles. The van der Waals surface area contributed by atoms with Crippen molar-refractivity contribution >= 4 is 37.4 Å². The molecule has 114 valence electrons. The normalized spacial score (nSPS) is 13.5. The maximum Gasteiger partial charge on any atom is 0.416 e. The van der Waals surface area contributed by atoms with E-state index in [1.807, 2.05) is 25.1 Å². The van der Waals surface area contributed by atoms with Gasteiger partial charge in [0, 0.05) is 20.0 Å². The minimum atomic E-state index is -4.31. The third-order valence-corrected chi connectivity index (χ3v) is 5.95. The monoisotopic (exact) mass is 384 g/mol. The lowest BCUT2D eigenvalue weighted by Gasteiger charge is -2.13. The molecule has 0 amide bonds. The molecule has 0 bridgehead atoms. The van der Waals surface area contributed by atoms with Crippen molar-refractivity contribution in [3.8, 4) is 0 Å². The van der Waals surface area contributed by atoms with Crippen LogP contribution in [0.2, 0.25) is 0 Å². The standard InChI is InChI=1S/C17H12BrF3S/c1-10(11-4-2-6-13(8-11)17(19,20)21)15-9-12-5-3-7-14(18)16(12)22-15/h2-10H,1H3. The van der Waals surface area contributed by atoms with E-state index in [2.05, 4.69) is 22.0 Å². The number of hydrogen-bond acceptors (Lipinski definition) is 1. The Kier molecular flexibility index (Phi) is 4.03. The second-order valence-corrected chi connectivity index (χ2v) is 7.09. The Morgan fingerprint density at radius 3 is 2.45 bits per heavy atom. The fraction of sp³-hybridized carbons (Fsp3) is 0.176. The van der Waals surface area contributed by atoms with Crippen LogP contribution in [-0.4, -0.2) is 0 Å². The minimum absolute atomic E-state index is 0.0772. The first-order chi connectivity index (χ1) is 10.4. The van der Waals surface area contributed by atoms with Gasteiger partial charge in [0.05, 0.1) is 5.56 Å². The molecule has 0 nitrogen and oxygen atoms in total. The lowest BCUT2D eigenvalue weighted by molar-refractivity contribution is -0.137. The van der Waals surface area contributed by atoms with Gasteiger partial charge in [0.25, 0.3) is 0 Å². The predicted octanol–water partition coefficient (Wildman–Crippen LogP) is 6.83. The molecule has 0 aliphatic heterocycles. The summed E-state index contributed by atoms with van der Waals surface area (Å²) in [5.74, 6) is -0.0772. The average molecular weight is 385 g/mol. The molecule has 2 aromatic carbocycles. The van der Waals surface area contributed by atoms with Crippen LogP contribution in [0.3, 0.4) is 0 Å². The summed E-state index contributed by atoms with van der Waals surface area (Å²) in [6.07, 6.45) is -4.31. The van der Waals surface area contributed by atoms with E-state index in [1.165, 1.54) is 12.1 Å². The fourth-order valence-electron chi connectivity index (χ4n) is 2.41. The van der Waals surface area contributed by atoms with Crippen molar-refractivity contribution < 1.29 is 13.2 Å². The van der Waals surface area contributed by atoms with Crippen molar-refractivity contribution in [3.63, 3.8) is 0 Å². The van der Waals surface area contributed by atoms with E-state index in [1.54, 1.807) is 17.4 Å². The molecule has 5 heteroatoms. The zero-order valence-electron chi connectivity index (χ0n) is 11.6. The highest BCUT2D eigenvalue weighted by Gasteiger charge is 2.30. The number of alkyl halides is 3. The van der Waals surface area contributed by atoms with Crippen LogP contribution < -0.4 is 0 Å². The van der Waals surface area contributed by atoms with Crippen LogP contribution in [0, 0.1) is 0 Å². The number of rotatable bonds is 2. The van der Waals surface area contributed by atoms with E-state index in [0.717, 1.165) is 25.5 Å². The van der Waals surface area contributed by atoms with Crippen molar-refractivity contribution in [2.75, 3.05) is 0 Å². The largest absolute Gasteiger partial charge is 0.416 e. The van der Waals surface area contributed by atoms with Gasteiger partial charge in [-0.25, -0.2) is 0 Å². The molecule has 0 aliphatic rings. The minimum Gasteiger partial charge on any atom is -0.166 e. The maximum absolute atomic E-state index is 12.9. The molecule has 0 spiro atoms. The lowest BCUT2D eigenvalue weighted by Crippen LogP contribution is -2.06. The smallest absolute Gasteiger partial charge is 0.166 e. The third kappa shape index (κ3) is 2.92. The zero-order valence-corrected chi connectivity index (χ0v) is 14.0. The summed E-state index contributed by atoms with van der Waals surface area (Å²) in [5, 5.41) is 1.10. The molecule has 3 aromatic rings. The Bertz CT molecular complexity index is 820. The molecule has 0 N–H and O–H groups in total. The summed E-state index contributed by atoms with van der Waals surface area (Å²) in [4.78, 5) is 1.06. The van der Waals surface area contributed by atoms with Gasteiger partial charge in [0.15, 0.2) is 0 Å². The van der Waals surface area contributed by atoms with Crippen LogP contribution >= 0.6 is 27.3 Å². The summed E-state index contributed by atoms with van der Waals surface area (Å²) in [6, 6.07) is 13.6. The molecule has 1 unspecified atom stereocenters. The fourth-order valence-corrected chi connectivity index (χ4v) is 4.18. The molecule has 0 saturated carbocycles. The number of thiophene rings is 1. The van der Waals surface area contributed by atoms with Crippen molar-refractivity contribution in [3.05, 3.63) is 69.0 Å². The Morgan fingerprint density at radius 1 is 1.05 bits per heavy atom. The quantitative estimate of drug-likeness (QED) is 0.453. The number of halogens is 4. The topological polar surface area (TPSA) is 0 Å². The van der Waals surface area contributed by atoms with Crippen molar-refractivity contribution in [1.82, 2.24) is 0 Å². The molecule has 3 rings (SSSR count). The molecule has 0 radical (unpaired) electrons. The van der Waals surface area contributed by atoms with Crippen LogP contribution in [0.15, 0.2) is 53.0 Å². The lowest BCUT2D eigenvalue weighted by atomic mass is 9.97. The molecular weight excluding hydrogens is 373 g/mol. The summed E-state index contributed by atoms with van der Waals surface area (Å²) in [7, 11) is 0. The van der Waals surface area contributed by atoms with Gasteiger partial charge >= 0.3 is 6.18 Å². The summed E-state index contributed by atoms with van der Waals surface area (Å²) < 4.78 is 40.7. The van der Waals surface area contributed by atoms with Gasteiger partial charge in [-0.1, -0.05) is 37.3 Å².